The quantitative estimate of drug-likeness (QED) is 0.672. The maximum atomic E-state index is 12.1. The number of halogens is 2. The van der Waals surface area contributed by atoms with E-state index < -0.39 is 27.9 Å². The Labute approximate surface area is 131 Å². The summed E-state index contributed by atoms with van der Waals surface area (Å²) >= 11 is 11.5. The molecule has 0 fully saturated rings. The van der Waals surface area contributed by atoms with Crippen LogP contribution >= 0.6 is 23.2 Å². The molecule has 1 aromatic rings. The van der Waals surface area contributed by atoms with Crippen LogP contribution in [0.5, 0.6) is 0 Å². The van der Waals surface area contributed by atoms with Crippen molar-refractivity contribution in [2.45, 2.75) is 23.8 Å². The summed E-state index contributed by atoms with van der Waals surface area (Å²) in [5.74, 6) is -2.17. The van der Waals surface area contributed by atoms with Gasteiger partial charge in [0, 0.05) is 11.4 Å². The Morgan fingerprint density at radius 2 is 1.95 bits per heavy atom. The maximum Gasteiger partial charge on any atom is 0.321 e. The van der Waals surface area contributed by atoms with Crippen molar-refractivity contribution in [3.63, 3.8) is 0 Å². The van der Waals surface area contributed by atoms with Gasteiger partial charge in [0.25, 0.3) is 0 Å². The van der Waals surface area contributed by atoms with Crippen LogP contribution in [0.1, 0.15) is 12.8 Å². The molecule has 0 heterocycles. The Bertz CT molecular complexity index is 663. The van der Waals surface area contributed by atoms with Crippen molar-refractivity contribution in [3.8, 4) is 0 Å². The molecule has 0 aliphatic heterocycles. The summed E-state index contributed by atoms with van der Waals surface area (Å²) in [6.45, 7) is 0. The van der Waals surface area contributed by atoms with E-state index in [1.807, 2.05) is 4.72 Å². The van der Waals surface area contributed by atoms with Crippen LogP contribution in [0.2, 0.25) is 10.0 Å². The van der Waals surface area contributed by atoms with Gasteiger partial charge in [-0.25, -0.2) is 8.42 Å². The SMILES string of the molecule is NC(=O)CC[C@H](NS(=O)(=O)c1cc(Cl)ccc1Cl)C(=O)O. The average Bonchev–Trinajstić information content (AvgIpc) is 2.36. The lowest BCUT2D eigenvalue weighted by molar-refractivity contribution is -0.139. The highest BCUT2D eigenvalue weighted by Gasteiger charge is 2.27. The first-order valence-electron chi connectivity index (χ1n) is 5.62. The molecule has 4 N–H and O–H groups in total. The number of rotatable bonds is 7. The number of nitrogens with one attached hydrogen (secondary N) is 1. The predicted molar refractivity (Wildman–Crippen MR) is 76.6 cm³/mol. The molecule has 0 unspecified atom stereocenters. The van der Waals surface area contributed by atoms with Gasteiger partial charge in [-0.15, -0.1) is 0 Å². The number of benzene rings is 1. The van der Waals surface area contributed by atoms with E-state index in [1.165, 1.54) is 12.1 Å². The molecule has 0 aliphatic carbocycles. The molecule has 0 aromatic heterocycles. The van der Waals surface area contributed by atoms with Gasteiger partial charge in [0.15, 0.2) is 0 Å². The van der Waals surface area contributed by atoms with Crippen LogP contribution in [-0.4, -0.2) is 31.4 Å². The van der Waals surface area contributed by atoms with Crippen LogP contribution in [0.15, 0.2) is 23.1 Å². The average molecular weight is 355 g/mol. The summed E-state index contributed by atoms with van der Waals surface area (Å²) in [4.78, 5) is 21.4. The highest BCUT2D eigenvalue weighted by molar-refractivity contribution is 7.89. The predicted octanol–water partition coefficient (Wildman–Crippen LogP) is 0.990. The summed E-state index contributed by atoms with van der Waals surface area (Å²) in [7, 11) is -4.20. The molecule has 0 radical (unpaired) electrons. The van der Waals surface area contributed by atoms with Gasteiger partial charge in [-0.05, 0) is 24.6 Å². The van der Waals surface area contributed by atoms with Crippen molar-refractivity contribution >= 4 is 45.1 Å². The molecule has 1 amide bonds. The molecule has 0 saturated heterocycles. The van der Waals surface area contributed by atoms with Crippen molar-refractivity contribution in [1.82, 2.24) is 4.72 Å². The number of hydrogen-bond acceptors (Lipinski definition) is 4. The monoisotopic (exact) mass is 354 g/mol. The lowest BCUT2D eigenvalue weighted by Crippen LogP contribution is -2.41. The molecule has 0 aliphatic rings. The first-order chi connectivity index (χ1) is 9.63. The Hall–Kier alpha value is -1.35. The molecule has 21 heavy (non-hydrogen) atoms. The fraction of sp³-hybridized carbons (Fsp3) is 0.273. The molecule has 116 valence electrons. The van der Waals surface area contributed by atoms with Gasteiger partial charge >= 0.3 is 5.97 Å². The van der Waals surface area contributed by atoms with Crippen LogP contribution in [0.3, 0.4) is 0 Å². The Balaban J connectivity index is 3.03. The number of carboxylic acids is 1. The zero-order valence-electron chi connectivity index (χ0n) is 10.5. The van der Waals surface area contributed by atoms with Crippen molar-refractivity contribution in [2.75, 3.05) is 0 Å². The molecular weight excluding hydrogens is 343 g/mol. The smallest absolute Gasteiger partial charge is 0.321 e. The Kier molecular flexibility index (Phi) is 5.97. The third kappa shape index (κ3) is 5.16. The van der Waals surface area contributed by atoms with Gasteiger partial charge in [0.05, 0.1) is 5.02 Å². The van der Waals surface area contributed by atoms with Gasteiger partial charge in [0.1, 0.15) is 10.9 Å². The minimum atomic E-state index is -4.20. The summed E-state index contributed by atoms with van der Waals surface area (Å²) in [5, 5.41) is 9.01. The molecular formula is C11H12Cl2N2O5S. The van der Waals surface area contributed by atoms with Gasteiger partial charge in [-0.2, -0.15) is 4.72 Å². The van der Waals surface area contributed by atoms with E-state index >= 15 is 0 Å². The van der Waals surface area contributed by atoms with E-state index in [9.17, 15) is 18.0 Å². The van der Waals surface area contributed by atoms with Gasteiger partial charge < -0.3 is 10.8 Å². The number of carbonyl (C=O) groups excluding carboxylic acids is 1. The van der Waals surface area contributed by atoms with Crippen molar-refractivity contribution in [1.29, 1.82) is 0 Å². The van der Waals surface area contributed by atoms with Gasteiger partial charge in [-0.3, -0.25) is 9.59 Å². The first kappa shape index (κ1) is 17.7. The number of nitrogens with two attached hydrogens (primary N) is 1. The van der Waals surface area contributed by atoms with E-state index in [0.29, 0.717) is 0 Å². The summed E-state index contributed by atoms with van der Waals surface area (Å²) in [6.07, 6.45) is -0.551. The van der Waals surface area contributed by atoms with E-state index in [4.69, 9.17) is 34.0 Å². The number of aliphatic carboxylic acids is 1. The van der Waals surface area contributed by atoms with Crippen LogP contribution in [0.4, 0.5) is 0 Å². The van der Waals surface area contributed by atoms with Gasteiger partial charge in [0.2, 0.25) is 15.9 Å². The number of hydrogen-bond donors (Lipinski definition) is 3. The summed E-state index contributed by atoms with van der Waals surface area (Å²) in [6, 6.07) is 2.26. The Morgan fingerprint density at radius 1 is 1.33 bits per heavy atom. The van der Waals surface area contributed by atoms with Crippen LogP contribution in [0.25, 0.3) is 0 Å². The van der Waals surface area contributed by atoms with Crippen LogP contribution < -0.4 is 10.5 Å². The second-order valence-electron chi connectivity index (χ2n) is 4.09. The summed E-state index contributed by atoms with van der Waals surface area (Å²) < 4.78 is 26.2. The minimum Gasteiger partial charge on any atom is -0.480 e. The first-order valence-corrected chi connectivity index (χ1v) is 7.86. The molecule has 10 heteroatoms. The second-order valence-corrected chi connectivity index (χ2v) is 6.62. The Morgan fingerprint density at radius 3 is 2.48 bits per heavy atom. The molecule has 7 nitrogen and oxygen atoms in total. The second kappa shape index (κ2) is 7.08. The lowest BCUT2D eigenvalue weighted by Gasteiger charge is -2.15. The zero-order chi connectivity index (χ0) is 16.2. The molecule has 0 bridgehead atoms. The minimum absolute atomic E-state index is 0.106. The van der Waals surface area contributed by atoms with Crippen LogP contribution in [-0.2, 0) is 19.6 Å². The maximum absolute atomic E-state index is 12.1. The number of carbonyl (C=O) groups is 2. The largest absolute Gasteiger partial charge is 0.480 e. The number of amides is 1. The normalized spacial score (nSPS) is 12.9. The van der Waals surface area contributed by atoms with E-state index in [1.54, 1.807) is 0 Å². The standard InChI is InChI=1S/C11H12Cl2N2O5S/c12-6-1-2-7(13)9(5-6)21(19,20)15-8(11(17)18)3-4-10(14)16/h1-2,5,8,15H,3-4H2,(H2,14,16)(H,17,18)/t8-/m0/s1. The van der Waals surface area contributed by atoms with E-state index in [2.05, 4.69) is 0 Å². The molecule has 0 saturated carbocycles. The number of primary amides is 1. The van der Waals surface area contributed by atoms with E-state index in [0.717, 1.165) is 6.07 Å². The molecule has 1 aromatic carbocycles. The molecule has 1 rings (SSSR count). The zero-order valence-corrected chi connectivity index (χ0v) is 12.9. The van der Waals surface area contributed by atoms with Crippen molar-refractivity contribution in [2.24, 2.45) is 5.73 Å². The van der Waals surface area contributed by atoms with Crippen molar-refractivity contribution < 1.29 is 23.1 Å². The summed E-state index contributed by atoms with van der Waals surface area (Å²) in [5.41, 5.74) is 4.91. The fourth-order valence-electron chi connectivity index (χ4n) is 1.45. The van der Waals surface area contributed by atoms with E-state index in [-0.39, 0.29) is 27.8 Å². The lowest BCUT2D eigenvalue weighted by atomic mass is 10.2. The molecule has 1 atom stereocenters. The van der Waals surface area contributed by atoms with Crippen LogP contribution in [0, 0.1) is 0 Å². The highest BCUT2D eigenvalue weighted by Crippen LogP contribution is 2.25. The third-order valence-electron chi connectivity index (χ3n) is 2.46. The molecule has 0 spiro atoms. The fourth-order valence-corrected chi connectivity index (χ4v) is 3.44. The third-order valence-corrected chi connectivity index (χ3v) is 4.65. The van der Waals surface area contributed by atoms with Gasteiger partial charge in [-0.1, -0.05) is 23.2 Å². The number of sulfonamides is 1. The topological polar surface area (TPSA) is 127 Å². The highest BCUT2D eigenvalue weighted by atomic mass is 35.5. The number of carboxylic acid groups (broad SMARTS) is 1. The van der Waals surface area contributed by atoms with Crippen molar-refractivity contribution in [3.05, 3.63) is 28.2 Å².